The van der Waals surface area contributed by atoms with Crippen LogP contribution in [0.4, 0.5) is 36.8 Å². The third kappa shape index (κ3) is 8.05. The van der Waals surface area contributed by atoms with Gasteiger partial charge in [-0.05, 0) is 43.2 Å². The van der Waals surface area contributed by atoms with E-state index in [0.717, 1.165) is 5.56 Å². The fourth-order valence-electron chi connectivity index (χ4n) is 5.51. The molecule has 1 N–H and O–H groups in total. The third-order valence-corrected chi connectivity index (χ3v) is 9.21. The van der Waals surface area contributed by atoms with Gasteiger partial charge in [-0.15, -0.1) is 0 Å². The molecule has 2 fully saturated rings. The van der Waals surface area contributed by atoms with E-state index in [2.05, 4.69) is 0 Å². The Kier molecular flexibility index (Phi) is 9.79. The minimum Gasteiger partial charge on any atom is -0.465 e. The van der Waals surface area contributed by atoms with E-state index in [1.807, 2.05) is 11.8 Å². The number of amides is 1. The summed E-state index contributed by atoms with van der Waals surface area (Å²) in [6.45, 7) is 1.12. The van der Waals surface area contributed by atoms with E-state index in [4.69, 9.17) is 15.8 Å². The van der Waals surface area contributed by atoms with Crippen molar-refractivity contribution < 1.29 is 48.8 Å². The average Bonchev–Trinajstić information content (AvgIpc) is 3.36. The number of nitrogens with zero attached hydrogens (tertiary/aromatic N) is 3. The second kappa shape index (κ2) is 12.7. The van der Waals surface area contributed by atoms with Crippen LogP contribution in [0.25, 0.3) is 0 Å². The molecular formula is C27H30ClF6N3O5S. The quantitative estimate of drug-likeness (QED) is 0.284. The highest BCUT2D eigenvalue weighted by atomic mass is 35.5. The molecule has 43 heavy (non-hydrogen) atoms. The summed E-state index contributed by atoms with van der Waals surface area (Å²) in [5, 5.41) is 9.73. The highest BCUT2D eigenvalue weighted by molar-refractivity contribution is 7.86. The van der Waals surface area contributed by atoms with E-state index in [-0.39, 0.29) is 35.4 Å². The minimum absolute atomic E-state index is 0.0321. The zero-order chi connectivity index (χ0) is 31.7. The molecular weight excluding hydrogens is 628 g/mol. The fraction of sp³-hybridized carbons (Fsp3) is 0.519. The number of aryl methyl sites for hydroxylation is 1. The summed E-state index contributed by atoms with van der Waals surface area (Å²) in [7, 11) is -3.98. The van der Waals surface area contributed by atoms with Crippen molar-refractivity contribution in [2.45, 2.75) is 43.2 Å². The predicted molar refractivity (Wildman–Crippen MR) is 145 cm³/mol. The highest BCUT2D eigenvalue weighted by Gasteiger charge is 2.62. The summed E-state index contributed by atoms with van der Waals surface area (Å²) in [4.78, 5) is 15.1. The van der Waals surface area contributed by atoms with Crippen molar-refractivity contribution in [1.82, 2.24) is 9.80 Å². The molecule has 2 aliphatic heterocycles. The summed E-state index contributed by atoms with van der Waals surface area (Å²) in [5.74, 6) is -4.03. The average molecular weight is 658 g/mol. The lowest BCUT2D eigenvalue weighted by Gasteiger charge is -2.44. The number of piperazine rings is 1. The number of benzene rings is 2. The Morgan fingerprint density at radius 3 is 2.28 bits per heavy atom. The molecule has 1 amide bonds. The number of carbonyl (C=O) groups is 1. The first kappa shape index (κ1) is 33.1. The Bertz CT molecular complexity index is 1390. The van der Waals surface area contributed by atoms with Gasteiger partial charge >= 0.3 is 18.4 Å². The topological polar surface area (TPSA) is 90.4 Å². The second-order valence-corrected chi connectivity index (χ2v) is 12.8. The van der Waals surface area contributed by atoms with Gasteiger partial charge in [0.2, 0.25) is 0 Å². The van der Waals surface area contributed by atoms with E-state index in [1.54, 1.807) is 30.3 Å². The molecule has 0 aliphatic carbocycles. The lowest BCUT2D eigenvalue weighted by molar-refractivity contribution is -0.300. The van der Waals surface area contributed by atoms with Gasteiger partial charge in [0.05, 0.1) is 17.5 Å². The minimum atomic E-state index is -5.70. The Balaban J connectivity index is 1.48. The van der Waals surface area contributed by atoms with Gasteiger partial charge in [0.15, 0.2) is 5.92 Å². The highest BCUT2D eigenvalue weighted by Crippen LogP contribution is 2.44. The predicted octanol–water partition coefficient (Wildman–Crippen LogP) is 5.79. The molecule has 2 saturated heterocycles. The molecule has 238 valence electrons. The van der Waals surface area contributed by atoms with Crippen LogP contribution in [0.2, 0.25) is 5.02 Å². The monoisotopic (exact) mass is 657 g/mol. The molecule has 2 heterocycles. The molecule has 2 aromatic rings. The second-order valence-electron chi connectivity index (χ2n) is 10.8. The van der Waals surface area contributed by atoms with Crippen LogP contribution in [-0.4, -0.2) is 87.1 Å². The van der Waals surface area contributed by atoms with Crippen molar-refractivity contribution >= 4 is 33.5 Å². The van der Waals surface area contributed by atoms with Crippen LogP contribution < -0.4 is 4.90 Å². The largest absolute Gasteiger partial charge is 0.465 e. The van der Waals surface area contributed by atoms with Crippen molar-refractivity contribution in [3.8, 4) is 0 Å². The molecule has 0 bridgehead atoms. The smallest absolute Gasteiger partial charge is 0.407 e. The van der Waals surface area contributed by atoms with Gasteiger partial charge in [0.1, 0.15) is 0 Å². The first-order valence-electron chi connectivity index (χ1n) is 13.3. The van der Waals surface area contributed by atoms with Crippen LogP contribution >= 0.6 is 11.6 Å². The van der Waals surface area contributed by atoms with Crippen LogP contribution in [0.1, 0.15) is 17.5 Å². The van der Waals surface area contributed by atoms with E-state index in [1.165, 1.54) is 17.0 Å². The van der Waals surface area contributed by atoms with Crippen LogP contribution in [0.5, 0.6) is 0 Å². The number of carboxylic acid groups (broad SMARTS) is 1. The van der Waals surface area contributed by atoms with Gasteiger partial charge in [-0.25, -0.2) is 4.79 Å². The SMILES string of the molecule is Cc1ccc(S(=O)(=O)OC[C@H]2CCN(c3cc(Cl)ccc3CN3CCN(C(=O)O)C(C(C(F)(F)F)C(F)(F)F)C3)C2)cc1. The maximum absolute atomic E-state index is 13.6. The lowest BCUT2D eigenvalue weighted by Crippen LogP contribution is -2.62. The number of halogens is 7. The van der Waals surface area contributed by atoms with E-state index in [0.29, 0.717) is 35.8 Å². The lowest BCUT2D eigenvalue weighted by atomic mass is 9.94. The number of alkyl halides is 6. The van der Waals surface area contributed by atoms with Crippen molar-refractivity contribution in [3.05, 3.63) is 58.6 Å². The Morgan fingerprint density at radius 2 is 1.67 bits per heavy atom. The van der Waals surface area contributed by atoms with Crippen molar-refractivity contribution in [3.63, 3.8) is 0 Å². The maximum atomic E-state index is 13.6. The first-order valence-corrected chi connectivity index (χ1v) is 15.1. The molecule has 0 aromatic heterocycles. The normalized spacial score (nSPS) is 20.7. The van der Waals surface area contributed by atoms with Crippen molar-refractivity contribution in [2.75, 3.05) is 44.2 Å². The summed E-state index contributed by atoms with van der Waals surface area (Å²) in [5.41, 5.74) is 2.05. The maximum Gasteiger partial charge on any atom is 0.407 e. The van der Waals surface area contributed by atoms with Gasteiger partial charge in [0, 0.05) is 55.9 Å². The summed E-state index contributed by atoms with van der Waals surface area (Å²) in [6.07, 6.45) is -12.7. The molecule has 0 saturated carbocycles. The molecule has 0 spiro atoms. The van der Waals surface area contributed by atoms with Crippen LogP contribution in [0.3, 0.4) is 0 Å². The van der Waals surface area contributed by atoms with E-state index in [9.17, 15) is 44.7 Å². The van der Waals surface area contributed by atoms with Gasteiger partial charge in [-0.1, -0.05) is 35.4 Å². The molecule has 2 aromatic carbocycles. The number of hydrogen-bond donors (Lipinski definition) is 1. The first-order chi connectivity index (χ1) is 20.0. The zero-order valence-corrected chi connectivity index (χ0v) is 24.5. The van der Waals surface area contributed by atoms with Crippen molar-refractivity contribution in [2.24, 2.45) is 11.8 Å². The van der Waals surface area contributed by atoms with Gasteiger partial charge in [-0.2, -0.15) is 34.8 Å². The molecule has 1 unspecified atom stereocenters. The third-order valence-electron chi connectivity index (χ3n) is 7.67. The zero-order valence-electron chi connectivity index (χ0n) is 22.9. The van der Waals surface area contributed by atoms with Crippen LogP contribution in [-0.2, 0) is 20.8 Å². The Hall–Kier alpha value is -2.75. The van der Waals surface area contributed by atoms with Gasteiger partial charge in [0.25, 0.3) is 10.1 Å². The Morgan fingerprint density at radius 1 is 1.02 bits per heavy atom. The van der Waals surface area contributed by atoms with E-state index >= 15 is 0 Å². The standard InChI is InChI=1S/C27H30ClF6N3O5S/c1-17-2-6-21(7-3-17)43(40,41)42-16-18-8-9-36(13-18)22-12-20(28)5-4-19(22)14-35-10-11-37(25(38)39)23(15-35)24(26(29,30)31)27(32,33)34/h2-7,12,18,23-24H,8-11,13-16H2,1H3,(H,38,39)/t18-,23?/m0/s1. The molecule has 16 heteroatoms. The summed E-state index contributed by atoms with van der Waals surface area (Å²) >= 11 is 6.23. The fourth-order valence-corrected chi connectivity index (χ4v) is 6.65. The molecule has 2 aliphatic rings. The van der Waals surface area contributed by atoms with E-state index < -0.39 is 53.6 Å². The molecule has 2 atom stereocenters. The van der Waals surface area contributed by atoms with Crippen molar-refractivity contribution in [1.29, 1.82) is 0 Å². The summed E-state index contributed by atoms with van der Waals surface area (Å²) in [6, 6.07) is 8.63. The Labute approximate surface area is 249 Å². The van der Waals surface area contributed by atoms with Crippen LogP contribution in [0, 0.1) is 18.8 Å². The molecule has 0 radical (unpaired) electrons. The molecule has 4 rings (SSSR count). The summed E-state index contributed by atoms with van der Waals surface area (Å²) < 4.78 is 112. The number of anilines is 1. The van der Waals surface area contributed by atoms with Gasteiger partial charge < -0.3 is 14.9 Å². The number of rotatable bonds is 8. The number of hydrogen-bond acceptors (Lipinski definition) is 6. The molecule has 8 nitrogen and oxygen atoms in total. The van der Waals surface area contributed by atoms with Gasteiger partial charge in [-0.3, -0.25) is 9.08 Å². The van der Waals surface area contributed by atoms with Crippen LogP contribution in [0.15, 0.2) is 47.4 Å².